The van der Waals surface area contributed by atoms with Crippen LogP contribution in [0.3, 0.4) is 0 Å². The fourth-order valence-electron chi connectivity index (χ4n) is 2.00. The van der Waals surface area contributed by atoms with Crippen molar-refractivity contribution < 1.29 is 4.79 Å². The van der Waals surface area contributed by atoms with Crippen molar-refractivity contribution in [2.75, 3.05) is 20.1 Å². The van der Waals surface area contributed by atoms with Crippen molar-refractivity contribution in [3.8, 4) is 6.07 Å². The molecule has 16 heavy (non-hydrogen) atoms. The zero-order valence-electron chi connectivity index (χ0n) is 10.0. The quantitative estimate of drug-likeness (QED) is 0.668. The molecule has 2 atom stereocenters. The van der Waals surface area contributed by atoms with Crippen LogP contribution in [-0.4, -0.2) is 47.9 Å². The van der Waals surface area contributed by atoms with Crippen LogP contribution >= 0.6 is 0 Å². The molecule has 1 amide bonds. The number of rotatable bonds is 3. The number of nitriles is 1. The molecule has 0 bridgehead atoms. The Morgan fingerprint density at radius 3 is 2.94 bits per heavy atom. The molecule has 0 aromatic rings. The highest BCUT2D eigenvalue weighted by Crippen LogP contribution is 2.17. The molecule has 1 heterocycles. The smallest absolute Gasteiger partial charge is 0.241 e. The SMILES string of the molecule is C=CCN1CCC(C)N(C)C(CC#N)C1=O. The van der Waals surface area contributed by atoms with Crippen LogP contribution in [0, 0.1) is 11.3 Å². The molecule has 1 aliphatic heterocycles. The summed E-state index contributed by atoms with van der Waals surface area (Å²) in [6.07, 6.45) is 2.93. The molecule has 88 valence electrons. The molecule has 1 saturated heterocycles. The third-order valence-corrected chi connectivity index (χ3v) is 3.23. The molecular formula is C12H19N3O. The van der Waals surface area contributed by atoms with Crippen molar-refractivity contribution in [1.29, 1.82) is 5.26 Å². The van der Waals surface area contributed by atoms with Gasteiger partial charge >= 0.3 is 0 Å². The summed E-state index contributed by atoms with van der Waals surface area (Å²) in [5, 5.41) is 8.78. The second-order valence-electron chi connectivity index (χ2n) is 4.25. The van der Waals surface area contributed by atoms with Crippen molar-refractivity contribution >= 4 is 5.91 Å². The number of nitrogens with zero attached hydrogens (tertiary/aromatic N) is 3. The van der Waals surface area contributed by atoms with E-state index in [1.165, 1.54) is 0 Å². The van der Waals surface area contributed by atoms with Gasteiger partial charge in [-0.15, -0.1) is 6.58 Å². The standard InChI is InChI=1S/C12H19N3O/c1-4-8-15-9-6-10(2)14(3)11(5-7-13)12(15)16/h4,10-11H,1,5-6,8-9H2,2-3H3. The zero-order valence-corrected chi connectivity index (χ0v) is 10.0. The molecule has 0 radical (unpaired) electrons. The van der Waals surface area contributed by atoms with E-state index in [2.05, 4.69) is 19.6 Å². The maximum Gasteiger partial charge on any atom is 0.241 e. The van der Waals surface area contributed by atoms with Crippen molar-refractivity contribution in [3.63, 3.8) is 0 Å². The first-order valence-corrected chi connectivity index (χ1v) is 5.60. The molecule has 1 fully saturated rings. The summed E-state index contributed by atoms with van der Waals surface area (Å²) < 4.78 is 0. The fraction of sp³-hybridized carbons (Fsp3) is 0.667. The van der Waals surface area contributed by atoms with Crippen LogP contribution in [0.4, 0.5) is 0 Å². The van der Waals surface area contributed by atoms with E-state index in [4.69, 9.17) is 5.26 Å². The molecule has 4 nitrogen and oxygen atoms in total. The van der Waals surface area contributed by atoms with Crippen LogP contribution in [0.2, 0.25) is 0 Å². The maximum atomic E-state index is 12.2. The molecule has 2 unspecified atom stereocenters. The normalized spacial score (nSPS) is 27.3. The predicted octanol–water partition coefficient (Wildman–Crippen LogP) is 1.01. The van der Waals surface area contributed by atoms with Gasteiger partial charge in [-0.1, -0.05) is 6.08 Å². The summed E-state index contributed by atoms with van der Waals surface area (Å²) in [7, 11) is 1.92. The van der Waals surface area contributed by atoms with Gasteiger partial charge in [0.1, 0.15) is 6.04 Å². The summed E-state index contributed by atoms with van der Waals surface area (Å²) >= 11 is 0. The summed E-state index contributed by atoms with van der Waals surface area (Å²) in [5.74, 6) is 0.0494. The lowest BCUT2D eigenvalue weighted by Crippen LogP contribution is -2.46. The van der Waals surface area contributed by atoms with E-state index >= 15 is 0 Å². The Kier molecular flexibility index (Phi) is 4.51. The van der Waals surface area contributed by atoms with E-state index in [9.17, 15) is 4.79 Å². The first kappa shape index (κ1) is 12.7. The predicted molar refractivity (Wildman–Crippen MR) is 62.6 cm³/mol. The van der Waals surface area contributed by atoms with Crippen LogP contribution in [0.15, 0.2) is 12.7 Å². The Labute approximate surface area is 97.1 Å². The molecule has 0 N–H and O–H groups in total. The summed E-state index contributed by atoms with van der Waals surface area (Å²) in [6.45, 7) is 7.07. The Morgan fingerprint density at radius 2 is 2.38 bits per heavy atom. The van der Waals surface area contributed by atoms with E-state index in [0.29, 0.717) is 12.6 Å². The Hall–Kier alpha value is -1.34. The lowest BCUT2D eigenvalue weighted by atomic mass is 10.1. The molecule has 0 spiro atoms. The van der Waals surface area contributed by atoms with Crippen molar-refractivity contribution in [3.05, 3.63) is 12.7 Å². The van der Waals surface area contributed by atoms with Gasteiger partial charge in [0, 0.05) is 19.1 Å². The molecule has 1 rings (SSSR count). The van der Waals surface area contributed by atoms with Gasteiger partial charge in [0.2, 0.25) is 5.91 Å². The number of amides is 1. The summed E-state index contributed by atoms with van der Waals surface area (Å²) in [6, 6.07) is 2.12. The fourth-order valence-corrected chi connectivity index (χ4v) is 2.00. The first-order chi connectivity index (χ1) is 7.61. The molecule has 0 aromatic carbocycles. The number of carbonyl (C=O) groups is 1. The molecule has 1 aliphatic rings. The minimum atomic E-state index is -0.303. The molecule has 4 heteroatoms. The average molecular weight is 221 g/mol. The lowest BCUT2D eigenvalue weighted by Gasteiger charge is -2.28. The Morgan fingerprint density at radius 1 is 1.69 bits per heavy atom. The van der Waals surface area contributed by atoms with Crippen LogP contribution in [0.1, 0.15) is 19.8 Å². The van der Waals surface area contributed by atoms with Gasteiger partial charge < -0.3 is 4.90 Å². The van der Waals surface area contributed by atoms with Gasteiger partial charge in [0.25, 0.3) is 0 Å². The first-order valence-electron chi connectivity index (χ1n) is 5.60. The average Bonchev–Trinajstić information content (AvgIpc) is 2.36. The topological polar surface area (TPSA) is 47.3 Å². The van der Waals surface area contributed by atoms with Gasteiger partial charge in [-0.2, -0.15) is 5.26 Å². The van der Waals surface area contributed by atoms with E-state index in [-0.39, 0.29) is 18.4 Å². The van der Waals surface area contributed by atoms with Crippen LogP contribution < -0.4 is 0 Å². The van der Waals surface area contributed by atoms with Gasteiger partial charge in [0.15, 0.2) is 0 Å². The molecule has 0 saturated carbocycles. The minimum absolute atomic E-state index is 0.0494. The minimum Gasteiger partial charge on any atom is -0.338 e. The number of hydrogen-bond donors (Lipinski definition) is 0. The van der Waals surface area contributed by atoms with E-state index in [1.54, 1.807) is 11.0 Å². The monoisotopic (exact) mass is 221 g/mol. The van der Waals surface area contributed by atoms with Crippen molar-refractivity contribution in [1.82, 2.24) is 9.80 Å². The van der Waals surface area contributed by atoms with Crippen molar-refractivity contribution in [2.45, 2.75) is 31.8 Å². The molecular weight excluding hydrogens is 202 g/mol. The van der Waals surface area contributed by atoms with Gasteiger partial charge in [-0.05, 0) is 20.4 Å². The van der Waals surface area contributed by atoms with Gasteiger partial charge in [-0.3, -0.25) is 9.69 Å². The third kappa shape index (κ3) is 2.61. The Balaban J connectivity index is 2.87. The van der Waals surface area contributed by atoms with E-state index in [0.717, 1.165) is 13.0 Å². The second-order valence-corrected chi connectivity index (χ2v) is 4.25. The Bertz CT molecular complexity index is 308. The molecule has 0 aliphatic carbocycles. The van der Waals surface area contributed by atoms with Crippen LogP contribution in [0.5, 0.6) is 0 Å². The summed E-state index contributed by atoms with van der Waals surface area (Å²) in [4.78, 5) is 16.0. The van der Waals surface area contributed by atoms with Crippen molar-refractivity contribution in [2.24, 2.45) is 0 Å². The second kappa shape index (κ2) is 5.66. The van der Waals surface area contributed by atoms with E-state index in [1.807, 2.05) is 11.9 Å². The number of carbonyl (C=O) groups excluding carboxylic acids is 1. The number of hydrogen-bond acceptors (Lipinski definition) is 3. The highest BCUT2D eigenvalue weighted by molar-refractivity contribution is 5.82. The largest absolute Gasteiger partial charge is 0.338 e. The van der Waals surface area contributed by atoms with E-state index < -0.39 is 0 Å². The highest BCUT2D eigenvalue weighted by Gasteiger charge is 2.32. The third-order valence-electron chi connectivity index (χ3n) is 3.23. The number of likely N-dealkylation sites (N-methyl/N-ethyl adjacent to an activating group) is 1. The van der Waals surface area contributed by atoms with Crippen LogP contribution in [0.25, 0.3) is 0 Å². The zero-order chi connectivity index (χ0) is 12.1. The van der Waals surface area contributed by atoms with Gasteiger partial charge in [0.05, 0.1) is 12.5 Å². The van der Waals surface area contributed by atoms with Gasteiger partial charge in [-0.25, -0.2) is 0 Å². The highest BCUT2D eigenvalue weighted by atomic mass is 16.2. The molecule has 0 aromatic heterocycles. The maximum absolute atomic E-state index is 12.2. The van der Waals surface area contributed by atoms with Crippen LogP contribution in [-0.2, 0) is 4.79 Å². The lowest BCUT2D eigenvalue weighted by molar-refractivity contribution is -0.134. The summed E-state index contributed by atoms with van der Waals surface area (Å²) in [5.41, 5.74) is 0.